The van der Waals surface area contributed by atoms with Crippen molar-refractivity contribution in [3.8, 4) is 5.75 Å². The van der Waals surface area contributed by atoms with Crippen LogP contribution < -0.4 is 4.74 Å². The molecule has 0 amide bonds. The predicted molar refractivity (Wildman–Crippen MR) is 105 cm³/mol. The lowest BCUT2D eigenvalue weighted by Crippen LogP contribution is -2.40. The van der Waals surface area contributed by atoms with Gasteiger partial charge in [-0.05, 0) is 64.0 Å². The number of piperidine rings is 1. The molecule has 26 heavy (non-hydrogen) atoms. The van der Waals surface area contributed by atoms with Gasteiger partial charge in [-0.15, -0.1) is 0 Å². The van der Waals surface area contributed by atoms with Gasteiger partial charge in [0.15, 0.2) is 0 Å². The molecule has 3 rings (SSSR count). The van der Waals surface area contributed by atoms with E-state index in [1.165, 1.54) is 24.0 Å². The maximum atomic E-state index is 5.63. The summed E-state index contributed by atoms with van der Waals surface area (Å²) in [6.07, 6.45) is 6.74. The van der Waals surface area contributed by atoms with Crippen LogP contribution in [0.4, 0.5) is 0 Å². The largest absolute Gasteiger partial charge is 0.494 e. The number of rotatable bonds is 7. The van der Waals surface area contributed by atoms with E-state index in [2.05, 4.69) is 53.4 Å². The highest BCUT2D eigenvalue weighted by molar-refractivity contribution is 5.28. The number of aromatic nitrogens is 2. The number of ether oxygens (including phenoxy) is 1. The van der Waals surface area contributed by atoms with Crippen molar-refractivity contribution in [1.82, 2.24) is 19.6 Å². The summed E-state index contributed by atoms with van der Waals surface area (Å²) in [6.45, 7) is 5.93. The van der Waals surface area contributed by atoms with Crippen molar-refractivity contribution >= 4 is 0 Å². The van der Waals surface area contributed by atoms with Crippen molar-refractivity contribution < 1.29 is 4.74 Å². The molecule has 5 heteroatoms. The van der Waals surface area contributed by atoms with Crippen LogP contribution in [-0.4, -0.2) is 53.4 Å². The third kappa shape index (κ3) is 4.65. The van der Waals surface area contributed by atoms with E-state index in [9.17, 15) is 0 Å². The number of likely N-dealkylation sites (tertiary alicyclic amines) is 1. The molecule has 5 nitrogen and oxygen atoms in total. The van der Waals surface area contributed by atoms with Crippen LogP contribution in [-0.2, 0) is 13.6 Å². The van der Waals surface area contributed by atoms with Gasteiger partial charge in [0.1, 0.15) is 5.75 Å². The quantitative estimate of drug-likeness (QED) is 0.762. The topological polar surface area (TPSA) is 33.5 Å². The summed E-state index contributed by atoms with van der Waals surface area (Å²) in [5, 5.41) is 4.40. The summed E-state index contributed by atoms with van der Waals surface area (Å²) in [5.41, 5.74) is 2.65. The van der Waals surface area contributed by atoms with Crippen LogP contribution in [0.15, 0.2) is 36.7 Å². The zero-order valence-electron chi connectivity index (χ0n) is 16.6. The fourth-order valence-electron chi connectivity index (χ4n) is 4.25. The molecular formula is C21H32N4O. The van der Waals surface area contributed by atoms with Gasteiger partial charge in [-0.3, -0.25) is 9.58 Å². The van der Waals surface area contributed by atoms with Crippen LogP contribution in [0.25, 0.3) is 0 Å². The van der Waals surface area contributed by atoms with E-state index < -0.39 is 0 Å². The van der Waals surface area contributed by atoms with Gasteiger partial charge in [-0.25, -0.2) is 0 Å². The summed E-state index contributed by atoms with van der Waals surface area (Å²) in [7, 11) is 6.47. The maximum Gasteiger partial charge on any atom is 0.119 e. The molecule has 0 spiro atoms. The Kier molecular flexibility index (Phi) is 6.33. The highest BCUT2D eigenvalue weighted by atomic mass is 16.5. The van der Waals surface area contributed by atoms with Crippen LogP contribution in [0.2, 0.25) is 0 Å². The van der Waals surface area contributed by atoms with E-state index in [1.54, 1.807) is 0 Å². The van der Waals surface area contributed by atoms with E-state index >= 15 is 0 Å². The molecule has 2 atom stereocenters. The first-order chi connectivity index (χ1) is 12.6. The summed E-state index contributed by atoms with van der Waals surface area (Å²) >= 11 is 0. The molecule has 0 aliphatic carbocycles. The molecule has 0 radical (unpaired) electrons. The lowest BCUT2D eigenvalue weighted by molar-refractivity contribution is 0.0925. The Hall–Kier alpha value is -1.85. The Morgan fingerprint density at radius 3 is 2.88 bits per heavy atom. The molecule has 0 unspecified atom stereocenters. The lowest BCUT2D eigenvalue weighted by Gasteiger charge is -2.40. The minimum absolute atomic E-state index is 0.453. The van der Waals surface area contributed by atoms with Gasteiger partial charge >= 0.3 is 0 Å². The minimum atomic E-state index is 0.453. The van der Waals surface area contributed by atoms with Crippen molar-refractivity contribution in [1.29, 1.82) is 0 Å². The van der Waals surface area contributed by atoms with Crippen LogP contribution in [0.5, 0.6) is 5.75 Å². The van der Waals surface area contributed by atoms with Crippen molar-refractivity contribution in [2.45, 2.75) is 32.4 Å². The van der Waals surface area contributed by atoms with E-state index in [1.807, 2.05) is 30.9 Å². The van der Waals surface area contributed by atoms with E-state index in [-0.39, 0.29) is 0 Å². The molecule has 142 valence electrons. The summed E-state index contributed by atoms with van der Waals surface area (Å²) < 4.78 is 7.55. The molecule has 1 aromatic carbocycles. The van der Waals surface area contributed by atoms with Gasteiger partial charge < -0.3 is 9.64 Å². The lowest BCUT2D eigenvalue weighted by atomic mass is 9.85. The van der Waals surface area contributed by atoms with Gasteiger partial charge in [0.05, 0.1) is 12.8 Å². The van der Waals surface area contributed by atoms with Gasteiger partial charge in [0, 0.05) is 37.9 Å². The van der Waals surface area contributed by atoms with Crippen molar-refractivity contribution in [2.24, 2.45) is 13.0 Å². The smallest absolute Gasteiger partial charge is 0.119 e. The molecular weight excluding hydrogens is 324 g/mol. The first kappa shape index (κ1) is 18.9. The third-order valence-corrected chi connectivity index (χ3v) is 5.28. The standard InChI is InChI=1S/C21H32N4O/c1-5-26-20-10-6-8-17(12-20)14-23(2)15-18-9-7-11-24(3)21(18)19-13-22-25(4)16-19/h6,8,10,12-13,16,18,21H,5,7,9,11,14-15H2,1-4H3/t18-,21+/m0/s1. The molecule has 1 aromatic heterocycles. The zero-order valence-corrected chi connectivity index (χ0v) is 16.6. The molecule has 1 aliphatic rings. The second-order valence-electron chi connectivity index (χ2n) is 7.55. The SMILES string of the molecule is CCOc1cccc(CN(C)C[C@@H]2CCCN(C)[C@H]2c2cnn(C)c2)c1. The second-order valence-corrected chi connectivity index (χ2v) is 7.55. The average molecular weight is 357 g/mol. The Morgan fingerprint density at radius 2 is 2.15 bits per heavy atom. The normalized spacial score (nSPS) is 21.3. The van der Waals surface area contributed by atoms with E-state index in [0.717, 1.165) is 25.4 Å². The van der Waals surface area contributed by atoms with Gasteiger partial charge in [0.2, 0.25) is 0 Å². The highest BCUT2D eigenvalue weighted by Gasteiger charge is 2.32. The molecule has 0 bridgehead atoms. The van der Waals surface area contributed by atoms with Gasteiger partial charge in [-0.2, -0.15) is 5.10 Å². The van der Waals surface area contributed by atoms with E-state index in [0.29, 0.717) is 18.6 Å². The molecule has 2 heterocycles. The summed E-state index contributed by atoms with van der Waals surface area (Å²) in [5.74, 6) is 1.59. The number of nitrogens with zero attached hydrogens (tertiary/aromatic N) is 4. The number of benzene rings is 1. The fraction of sp³-hybridized carbons (Fsp3) is 0.571. The van der Waals surface area contributed by atoms with Crippen molar-refractivity contribution in [3.05, 3.63) is 47.8 Å². The monoisotopic (exact) mass is 356 g/mol. The molecule has 0 saturated carbocycles. The van der Waals surface area contributed by atoms with Gasteiger partial charge in [0.25, 0.3) is 0 Å². The zero-order chi connectivity index (χ0) is 18.5. The Balaban J connectivity index is 1.66. The molecule has 1 saturated heterocycles. The van der Waals surface area contributed by atoms with Crippen LogP contribution in [0, 0.1) is 5.92 Å². The molecule has 0 N–H and O–H groups in total. The fourth-order valence-corrected chi connectivity index (χ4v) is 4.25. The average Bonchev–Trinajstić information content (AvgIpc) is 3.01. The summed E-state index contributed by atoms with van der Waals surface area (Å²) in [4.78, 5) is 4.94. The Bertz CT molecular complexity index is 699. The Labute approximate surface area is 157 Å². The van der Waals surface area contributed by atoms with E-state index in [4.69, 9.17) is 4.74 Å². The van der Waals surface area contributed by atoms with Crippen LogP contribution >= 0.6 is 0 Å². The van der Waals surface area contributed by atoms with Crippen LogP contribution in [0.1, 0.15) is 36.9 Å². The maximum absolute atomic E-state index is 5.63. The second kappa shape index (κ2) is 8.69. The predicted octanol–water partition coefficient (Wildman–Crippen LogP) is 3.33. The Morgan fingerprint density at radius 1 is 1.31 bits per heavy atom. The third-order valence-electron chi connectivity index (χ3n) is 5.28. The molecule has 2 aromatic rings. The first-order valence-electron chi connectivity index (χ1n) is 9.66. The van der Waals surface area contributed by atoms with Gasteiger partial charge in [-0.1, -0.05) is 12.1 Å². The van der Waals surface area contributed by atoms with Crippen molar-refractivity contribution in [3.63, 3.8) is 0 Å². The molecule has 1 aliphatic heterocycles. The van der Waals surface area contributed by atoms with Crippen LogP contribution in [0.3, 0.4) is 0 Å². The molecule has 1 fully saturated rings. The number of hydrogen-bond acceptors (Lipinski definition) is 4. The van der Waals surface area contributed by atoms with Crippen molar-refractivity contribution in [2.75, 3.05) is 33.8 Å². The summed E-state index contributed by atoms with van der Waals surface area (Å²) in [6, 6.07) is 8.91. The number of hydrogen-bond donors (Lipinski definition) is 0. The number of aryl methyl sites for hydroxylation is 1. The highest BCUT2D eigenvalue weighted by Crippen LogP contribution is 2.35. The minimum Gasteiger partial charge on any atom is -0.494 e. The first-order valence-corrected chi connectivity index (χ1v) is 9.66.